The first-order valence-corrected chi connectivity index (χ1v) is 5.49. The average molecular weight is 217 g/mol. The number of carbonyl (C=O) groups excluding carboxylic acids is 1. The predicted molar refractivity (Wildman–Crippen MR) is 59.8 cm³/mol. The van der Waals surface area contributed by atoms with Gasteiger partial charge in [-0.05, 0) is 40.0 Å². The first kappa shape index (κ1) is 14.2. The quantitative estimate of drug-likeness (QED) is 0.741. The molecule has 0 fully saturated rings. The van der Waals surface area contributed by atoms with Crippen LogP contribution in [0.15, 0.2) is 0 Å². The van der Waals surface area contributed by atoms with Gasteiger partial charge in [-0.1, -0.05) is 6.92 Å². The Morgan fingerprint density at radius 3 is 2.47 bits per heavy atom. The Bertz CT molecular complexity index is 187. The third-order valence-electron chi connectivity index (χ3n) is 1.92. The molecule has 0 aliphatic carbocycles. The fourth-order valence-corrected chi connectivity index (χ4v) is 1.19. The zero-order chi connectivity index (χ0) is 11.9. The highest BCUT2D eigenvalue weighted by Gasteiger charge is 2.18. The number of hydrogen-bond donors (Lipinski definition) is 2. The van der Waals surface area contributed by atoms with Crippen LogP contribution in [0.2, 0.25) is 0 Å². The topological polar surface area (TPSA) is 58.6 Å². The van der Waals surface area contributed by atoms with Crippen molar-refractivity contribution in [2.24, 2.45) is 0 Å². The molecule has 2 N–H and O–H groups in total. The number of ether oxygens (including phenoxy) is 1. The molecule has 0 heterocycles. The Morgan fingerprint density at radius 2 is 2.07 bits per heavy atom. The van der Waals surface area contributed by atoms with Crippen LogP contribution in [0.3, 0.4) is 0 Å². The van der Waals surface area contributed by atoms with Gasteiger partial charge >= 0.3 is 6.09 Å². The zero-order valence-electron chi connectivity index (χ0n) is 10.2. The minimum Gasteiger partial charge on any atom is -0.444 e. The number of carbonyl (C=O) groups is 1. The molecular weight excluding hydrogens is 194 g/mol. The van der Waals surface area contributed by atoms with E-state index in [1.54, 1.807) is 0 Å². The van der Waals surface area contributed by atoms with E-state index in [1.807, 2.05) is 27.7 Å². The number of aliphatic hydroxyl groups is 1. The summed E-state index contributed by atoms with van der Waals surface area (Å²) in [5.41, 5.74) is -0.459. The average Bonchev–Trinajstić information content (AvgIpc) is 2.09. The molecule has 0 bridgehead atoms. The zero-order valence-corrected chi connectivity index (χ0v) is 10.2. The lowest BCUT2D eigenvalue weighted by Gasteiger charge is -2.22. The Labute approximate surface area is 92.0 Å². The van der Waals surface area contributed by atoms with Crippen LogP contribution in [0.5, 0.6) is 0 Å². The predicted octanol–water partition coefficient (Wildman–Crippen LogP) is 2.06. The molecule has 0 saturated carbocycles. The van der Waals surface area contributed by atoms with E-state index in [2.05, 4.69) is 5.32 Å². The normalized spacial score (nSPS) is 13.4. The lowest BCUT2D eigenvalue weighted by molar-refractivity contribution is 0.0498. The maximum Gasteiger partial charge on any atom is 0.407 e. The summed E-state index contributed by atoms with van der Waals surface area (Å²) < 4.78 is 5.14. The van der Waals surface area contributed by atoms with Crippen LogP contribution in [0.4, 0.5) is 4.79 Å². The number of hydrogen-bond acceptors (Lipinski definition) is 3. The molecule has 0 aromatic heterocycles. The number of nitrogens with one attached hydrogen (secondary N) is 1. The van der Waals surface area contributed by atoms with Crippen molar-refractivity contribution in [2.75, 3.05) is 6.61 Å². The van der Waals surface area contributed by atoms with Gasteiger partial charge in [0.1, 0.15) is 5.60 Å². The standard InChI is InChI=1S/C11H23NO3/c1-5-9(7-6-8-13)12-10(14)15-11(2,3)4/h9,13H,5-8H2,1-4H3,(H,12,14)/t9-/m0/s1. The van der Waals surface area contributed by atoms with E-state index >= 15 is 0 Å². The van der Waals surface area contributed by atoms with E-state index in [0.717, 1.165) is 12.8 Å². The SMILES string of the molecule is CC[C@@H](CCCO)NC(=O)OC(C)(C)C. The van der Waals surface area contributed by atoms with Gasteiger partial charge in [-0.2, -0.15) is 0 Å². The molecule has 15 heavy (non-hydrogen) atoms. The second-order valence-corrected chi connectivity index (χ2v) is 4.62. The highest BCUT2D eigenvalue weighted by atomic mass is 16.6. The van der Waals surface area contributed by atoms with E-state index in [0.29, 0.717) is 6.42 Å². The van der Waals surface area contributed by atoms with Crippen molar-refractivity contribution in [3.05, 3.63) is 0 Å². The molecule has 1 atom stereocenters. The molecule has 0 aromatic carbocycles. The van der Waals surface area contributed by atoms with E-state index < -0.39 is 5.60 Å². The minimum atomic E-state index is -0.459. The molecule has 0 aliphatic heterocycles. The molecule has 4 nitrogen and oxygen atoms in total. The van der Waals surface area contributed by atoms with Gasteiger partial charge < -0.3 is 15.2 Å². The van der Waals surface area contributed by atoms with Gasteiger partial charge in [0.05, 0.1) is 0 Å². The molecule has 0 unspecified atom stereocenters. The minimum absolute atomic E-state index is 0.0898. The van der Waals surface area contributed by atoms with Crippen LogP contribution in [-0.4, -0.2) is 29.4 Å². The molecule has 1 amide bonds. The lowest BCUT2D eigenvalue weighted by Crippen LogP contribution is -2.38. The first-order chi connectivity index (χ1) is 6.89. The van der Waals surface area contributed by atoms with Crippen LogP contribution >= 0.6 is 0 Å². The number of rotatable bonds is 5. The van der Waals surface area contributed by atoms with Crippen molar-refractivity contribution >= 4 is 6.09 Å². The van der Waals surface area contributed by atoms with E-state index in [1.165, 1.54) is 0 Å². The summed E-state index contributed by atoms with van der Waals surface area (Å²) in [6.45, 7) is 7.66. The van der Waals surface area contributed by atoms with Crippen LogP contribution in [-0.2, 0) is 4.74 Å². The van der Waals surface area contributed by atoms with Crippen LogP contribution in [0.1, 0.15) is 47.0 Å². The summed E-state index contributed by atoms with van der Waals surface area (Å²) >= 11 is 0. The monoisotopic (exact) mass is 217 g/mol. The number of aliphatic hydroxyl groups excluding tert-OH is 1. The second-order valence-electron chi connectivity index (χ2n) is 4.62. The van der Waals surface area contributed by atoms with Crippen molar-refractivity contribution in [3.8, 4) is 0 Å². The molecular formula is C11H23NO3. The lowest BCUT2D eigenvalue weighted by atomic mass is 10.1. The number of amides is 1. The van der Waals surface area contributed by atoms with E-state index in [-0.39, 0.29) is 18.7 Å². The highest BCUT2D eigenvalue weighted by molar-refractivity contribution is 5.68. The fraction of sp³-hybridized carbons (Fsp3) is 0.909. The Kier molecular flexibility index (Phi) is 6.32. The Balaban J connectivity index is 3.91. The maximum atomic E-state index is 11.4. The molecule has 0 aromatic rings. The summed E-state index contributed by atoms with van der Waals surface area (Å²) in [6.07, 6.45) is 1.95. The van der Waals surface area contributed by atoms with Gasteiger partial charge in [-0.25, -0.2) is 4.79 Å². The third-order valence-corrected chi connectivity index (χ3v) is 1.92. The number of alkyl carbamates (subject to hydrolysis) is 1. The van der Waals surface area contributed by atoms with Crippen molar-refractivity contribution in [1.82, 2.24) is 5.32 Å². The molecule has 0 radical (unpaired) electrons. The Hall–Kier alpha value is -0.770. The highest BCUT2D eigenvalue weighted by Crippen LogP contribution is 2.08. The van der Waals surface area contributed by atoms with Crippen molar-refractivity contribution in [3.63, 3.8) is 0 Å². The van der Waals surface area contributed by atoms with Crippen LogP contribution in [0.25, 0.3) is 0 Å². The maximum absolute atomic E-state index is 11.4. The first-order valence-electron chi connectivity index (χ1n) is 5.49. The largest absolute Gasteiger partial charge is 0.444 e. The summed E-state index contributed by atoms with van der Waals surface area (Å²) in [6, 6.07) is 0.0898. The fourth-order valence-electron chi connectivity index (χ4n) is 1.19. The van der Waals surface area contributed by atoms with Crippen LogP contribution in [0, 0.1) is 0 Å². The van der Waals surface area contributed by atoms with Crippen molar-refractivity contribution in [2.45, 2.75) is 58.6 Å². The molecule has 0 spiro atoms. The van der Waals surface area contributed by atoms with Gasteiger partial charge in [0.2, 0.25) is 0 Å². The summed E-state index contributed by atoms with van der Waals surface area (Å²) in [4.78, 5) is 11.4. The van der Waals surface area contributed by atoms with E-state index in [9.17, 15) is 4.79 Å². The summed E-state index contributed by atoms with van der Waals surface area (Å²) in [7, 11) is 0. The molecule has 0 saturated heterocycles. The molecule has 0 rings (SSSR count). The van der Waals surface area contributed by atoms with E-state index in [4.69, 9.17) is 9.84 Å². The Morgan fingerprint density at radius 1 is 1.47 bits per heavy atom. The second kappa shape index (κ2) is 6.67. The molecule has 0 aliphatic rings. The van der Waals surface area contributed by atoms with Gasteiger partial charge in [0.25, 0.3) is 0 Å². The van der Waals surface area contributed by atoms with Crippen LogP contribution < -0.4 is 5.32 Å². The summed E-state index contributed by atoms with van der Waals surface area (Å²) in [5, 5.41) is 11.5. The van der Waals surface area contributed by atoms with Crippen molar-refractivity contribution < 1.29 is 14.6 Å². The van der Waals surface area contributed by atoms with Crippen molar-refractivity contribution in [1.29, 1.82) is 0 Å². The van der Waals surface area contributed by atoms with Gasteiger partial charge in [0, 0.05) is 12.6 Å². The van der Waals surface area contributed by atoms with Gasteiger partial charge in [0.15, 0.2) is 0 Å². The summed E-state index contributed by atoms with van der Waals surface area (Å²) in [5.74, 6) is 0. The van der Waals surface area contributed by atoms with Gasteiger partial charge in [-0.15, -0.1) is 0 Å². The molecule has 90 valence electrons. The molecule has 4 heteroatoms. The smallest absolute Gasteiger partial charge is 0.407 e. The third kappa shape index (κ3) is 8.24. The van der Waals surface area contributed by atoms with Gasteiger partial charge in [-0.3, -0.25) is 0 Å².